The number of thiol groups is 1. The Bertz CT molecular complexity index is 941. The molecule has 0 saturated heterocycles. The van der Waals surface area contributed by atoms with Crippen molar-refractivity contribution in [1.82, 2.24) is 5.01 Å². The smallest absolute Gasteiger partial charge is 0.306 e. The summed E-state index contributed by atoms with van der Waals surface area (Å²) in [5.74, 6) is 5.90. The summed E-state index contributed by atoms with van der Waals surface area (Å²) in [6.45, 7) is 8.09. The molecule has 2 heterocycles. The lowest BCUT2D eigenvalue weighted by Gasteiger charge is -2.40. The average Bonchev–Trinajstić information content (AvgIpc) is 3.17. The van der Waals surface area contributed by atoms with Crippen molar-refractivity contribution < 1.29 is 19.4 Å². The molecule has 1 fully saturated rings. The van der Waals surface area contributed by atoms with E-state index in [4.69, 9.17) is 14.6 Å². The third kappa shape index (κ3) is 5.58. The molecule has 34 heavy (non-hydrogen) atoms. The van der Waals surface area contributed by atoms with Crippen LogP contribution in [0.4, 0.5) is 0 Å². The van der Waals surface area contributed by atoms with Crippen molar-refractivity contribution in [3.63, 3.8) is 0 Å². The molecule has 0 aromatic heterocycles. The van der Waals surface area contributed by atoms with E-state index in [0.717, 1.165) is 43.6 Å². The summed E-state index contributed by atoms with van der Waals surface area (Å²) < 4.78 is 11.1. The van der Waals surface area contributed by atoms with Gasteiger partial charge in [-0.25, -0.2) is 0 Å². The third-order valence-corrected chi connectivity index (χ3v) is 9.10. The maximum atomic E-state index is 12.3. The first-order chi connectivity index (χ1) is 16.2. The Hall–Kier alpha value is -1.70. The van der Waals surface area contributed by atoms with Crippen LogP contribution in [0.2, 0.25) is 0 Å². The van der Waals surface area contributed by atoms with Gasteiger partial charge in [-0.05, 0) is 58.9 Å². The minimum Gasteiger partial charge on any atom is -0.460 e. The molecule has 0 amide bonds. The number of benzene rings is 1. The fourth-order valence-electron chi connectivity index (χ4n) is 5.79. The van der Waals surface area contributed by atoms with Crippen molar-refractivity contribution in [2.24, 2.45) is 16.9 Å². The fourth-order valence-corrected chi connectivity index (χ4v) is 7.72. The highest BCUT2D eigenvalue weighted by Crippen LogP contribution is 2.47. The zero-order valence-corrected chi connectivity index (χ0v) is 22.0. The Kier molecular flexibility index (Phi) is 7.85. The minimum absolute atomic E-state index is 0.110. The lowest BCUT2D eigenvalue weighted by atomic mass is 9.81. The molecule has 1 aromatic rings. The molecule has 188 valence electrons. The molecule has 1 N–H and O–H groups in total. The van der Waals surface area contributed by atoms with E-state index in [1.54, 1.807) is 0 Å². The normalized spacial score (nSPS) is 29.7. The number of hydrazone groups is 1. The summed E-state index contributed by atoms with van der Waals surface area (Å²) in [6.07, 6.45) is 4.70. The van der Waals surface area contributed by atoms with Crippen LogP contribution in [0.1, 0.15) is 77.8 Å². The zero-order valence-electron chi connectivity index (χ0n) is 21.1. The van der Waals surface area contributed by atoms with E-state index < -0.39 is 22.4 Å². The number of aliphatic hydroxyl groups is 1. The maximum absolute atomic E-state index is 12.3. The first-order valence-electron chi connectivity index (χ1n) is 12.7. The second-order valence-electron chi connectivity index (χ2n) is 10.9. The van der Waals surface area contributed by atoms with E-state index in [2.05, 4.69) is 35.1 Å². The number of hydrogen-bond donors (Lipinski definition) is 1. The first-order valence-corrected chi connectivity index (χ1v) is 14.4. The summed E-state index contributed by atoms with van der Waals surface area (Å²) in [6, 6.07) is 9.04. The van der Waals surface area contributed by atoms with Gasteiger partial charge in [-0.3, -0.25) is 9.80 Å². The highest BCUT2D eigenvalue weighted by molar-refractivity contribution is 7.94. The molecule has 6 nitrogen and oxygen atoms in total. The summed E-state index contributed by atoms with van der Waals surface area (Å²) in [4.78, 5) is 13.6. The number of aliphatic hydroxyl groups excluding tert-OH is 1. The van der Waals surface area contributed by atoms with Gasteiger partial charge in [0.05, 0.1) is 17.7 Å². The van der Waals surface area contributed by atoms with E-state index >= 15 is 0 Å². The Morgan fingerprint density at radius 1 is 1.32 bits per heavy atom. The van der Waals surface area contributed by atoms with Crippen molar-refractivity contribution in [2.75, 3.05) is 12.4 Å². The number of rotatable bonds is 7. The largest absolute Gasteiger partial charge is 0.460 e. The molecule has 6 unspecified atom stereocenters. The third-order valence-electron chi connectivity index (χ3n) is 7.17. The standard InChI is InChI=1S/C27H40N2O4S/c1-6-32-26(31)24-21-17-34(5)22-13-8-7-12-20(22)25(21)29(28-24)19-11-9-10-18(16-19)14-15-23(30)33-27(2,3)4/h7-8,12-13,18-19,21,25-26,31H,5-6,9-11,14-17H2,1-4H3/p+1. The van der Waals surface area contributed by atoms with E-state index in [9.17, 15) is 9.90 Å². The van der Waals surface area contributed by atoms with Crippen LogP contribution in [-0.2, 0) is 24.8 Å². The van der Waals surface area contributed by atoms with E-state index in [-0.39, 0.29) is 17.9 Å². The van der Waals surface area contributed by atoms with Crippen molar-refractivity contribution in [3.05, 3.63) is 29.8 Å². The average molecular weight is 490 g/mol. The van der Waals surface area contributed by atoms with Crippen molar-refractivity contribution in [2.45, 2.75) is 95.1 Å². The van der Waals surface area contributed by atoms with Crippen LogP contribution in [0.25, 0.3) is 0 Å². The summed E-state index contributed by atoms with van der Waals surface area (Å²) >= 11 is 0. The van der Waals surface area contributed by atoms with Gasteiger partial charge in [-0.2, -0.15) is 5.10 Å². The first kappa shape index (κ1) is 25.4. The van der Waals surface area contributed by atoms with Gasteiger partial charge in [0.1, 0.15) is 16.2 Å². The van der Waals surface area contributed by atoms with E-state index in [1.165, 1.54) is 10.5 Å². The monoisotopic (exact) mass is 489 g/mol. The summed E-state index contributed by atoms with van der Waals surface area (Å²) in [5.41, 5.74) is 1.62. The predicted molar refractivity (Wildman–Crippen MR) is 139 cm³/mol. The zero-order chi connectivity index (χ0) is 24.5. The predicted octanol–water partition coefficient (Wildman–Crippen LogP) is 4.21. The second-order valence-corrected chi connectivity index (χ2v) is 12.8. The Balaban J connectivity index is 1.53. The number of fused-ring (bicyclic) bond motifs is 3. The highest BCUT2D eigenvalue weighted by atomic mass is 32.2. The van der Waals surface area contributed by atoms with Gasteiger partial charge in [0.15, 0.2) is 6.29 Å². The van der Waals surface area contributed by atoms with Crippen LogP contribution in [0.5, 0.6) is 0 Å². The van der Waals surface area contributed by atoms with Gasteiger partial charge >= 0.3 is 5.97 Å². The molecule has 1 aliphatic carbocycles. The fraction of sp³-hybridized carbons (Fsp3) is 0.667. The molecule has 1 saturated carbocycles. The molecule has 7 heteroatoms. The molecular weight excluding hydrogens is 448 g/mol. The molecule has 0 spiro atoms. The number of carbonyl (C=O) groups is 1. The summed E-state index contributed by atoms with van der Waals surface area (Å²) in [7, 11) is -0.546. The maximum Gasteiger partial charge on any atom is 0.306 e. The number of hydrogen-bond acceptors (Lipinski definition) is 6. The quantitative estimate of drug-likeness (QED) is 0.204. The van der Waals surface area contributed by atoms with E-state index in [0.29, 0.717) is 25.0 Å². The molecular formula is C27H41N2O4S+. The van der Waals surface area contributed by atoms with Crippen molar-refractivity contribution in [3.8, 4) is 0 Å². The van der Waals surface area contributed by atoms with Gasteiger partial charge in [0.25, 0.3) is 0 Å². The van der Waals surface area contributed by atoms with Crippen LogP contribution in [0.3, 0.4) is 0 Å². The molecule has 6 atom stereocenters. The number of nitrogens with zero attached hydrogens (tertiary/aromatic N) is 2. The van der Waals surface area contributed by atoms with Gasteiger partial charge in [0.2, 0.25) is 0 Å². The van der Waals surface area contributed by atoms with Crippen LogP contribution in [0.15, 0.2) is 34.3 Å². The van der Waals surface area contributed by atoms with Crippen LogP contribution in [0, 0.1) is 11.8 Å². The van der Waals surface area contributed by atoms with Crippen LogP contribution >= 0.6 is 0 Å². The second kappa shape index (κ2) is 10.5. The SMILES string of the molecule is C=[SH+]1CC2C(C(O)OCC)=NN(C3CCCC(CCC(=O)OC(C)(C)C)C3)C2c2ccccc21. The molecule has 2 aliphatic heterocycles. The van der Waals surface area contributed by atoms with Gasteiger partial charge < -0.3 is 14.6 Å². The van der Waals surface area contributed by atoms with Gasteiger partial charge in [-0.1, -0.05) is 31.0 Å². The molecule has 0 bridgehead atoms. The highest BCUT2D eigenvalue weighted by Gasteiger charge is 2.49. The minimum atomic E-state index is -0.970. The van der Waals surface area contributed by atoms with E-state index in [1.807, 2.05) is 27.7 Å². The molecule has 0 radical (unpaired) electrons. The summed E-state index contributed by atoms with van der Waals surface area (Å²) in [5, 5.41) is 18.1. The lowest BCUT2D eigenvalue weighted by molar-refractivity contribution is -0.155. The Morgan fingerprint density at radius 2 is 2.09 bits per heavy atom. The topological polar surface area (TPSA) is 71.4 Å². The number of ether oxygens (including phenoxy) is 2. The van der Waals surface area contributed by atoms with Crippen LogP contribution in [-0.4, -0.2) is 58.0 Å². The Labute approximate surface area is 206 Å². The molecule has 4 rings (SSSR count). The van der Waals surface area contributed by atoms with Crippen molar-refractivity contribution >= 4 is 28.0 Å². The molecule has 1 aromatic carbocycles. The van der Waals surface area contributed by atoms with Gasteiger partial charge in [0, 0.05) is 30.5 Å². The number of carbonyl (C=O) groups excluding carboxylic acids is 1. The van der Waals surface area contributed by atoms with Crippen LogP contribution < -0.4 is 0 Å². The molecule has 3 aliphatic rings. The lowest BCUT2D eigenvalue weighted by Crippen LogP contribution is -2.41. The number of esters is 1. The van der Waals surface area contributed by atoms with Crippen molar-refractivity contribution in [1.29, 1.82) is 0 Å². The Morgan fingerprint density at radius 3 is 2.82 bits per heavy atom. The van der Waals surface area contributed by atoms with Gasteiger partial charge in [-0.15, -0.1) is 10.5 Å².